The molecule has 0 fully saturated rings. The van der Waals surface area contributed by atoms with E-state index in [2.05, 4.69) is 0 Å². The molecule has 0 aliphatic heterocycles. The molecule has 0 saturated heterocycles. The van der Waals surface area contributed by atoms with Crippen LogP contribution in [0.25, 0.3) is 0 Å². The average Bonchev–Trinajstić information content (AvgIpc) is 1.87. The summed E-state index contributed by atoms with van der Waals surface area (Å²) < 4.78 is 4.70. The highest BCUT2D eigenvalue weighted by Gasteiger charge is 2.21. The highest BCUT2D eigenvalue weighted by Crippen LogP contribution is 2.37. The minimum absolute atomic E-state index is 0.347. The third-order valence-corrected chi connectivity index (χ3v) is 2.36. The van der Waals surface area contributed by atoms with Gasteiger partial charge < -0.3 is 14.5 Å². The van der Waals surface area contributed by atoms with Crippen molar-refractivity contribution in [1.29, 1.82) is 0 Å². The van der Waals surface area contributed by atoms with Crippen molar-refractivity contribution < 1.29 is 19.3 Å². The lowest BCUT2D eigenvalue weighted by Gasteiger charge is -2.12. The molecule has 60 valence electrons. The summed E-state index contributed by atoms with van der Waals surface area (Å²) >= 11 is 0. The van der Waals surface area contributed by atoms with Crippen LogP contribution < -0.4 is 0 Å². The van der Waals surface area contributed by atoms with Crippen molar-refractivity contribution in [2.75, 3.05) is 6.61 Å². The molecule has 0 amide bonds. The molecule has 0 heterocycles. The number of carbonyl (C=O) groups is 1. The van der Waals surface area contributed by atoms with Gasteiger partial charge in [-0.2, -0.15) is 0 Å². The highest BCUT2D eigenvalue weighted by molar-refractivity contribution is 7.48. The van der Waals surface area contributed by atoms with Gasteiger partial charge >= 0.3 is 5.97 Å². The molecule has 0 saturated carbocycles. The Hall–Kier alpha value is -0.180. The fourth-order valence-corrected chi connectivity index (χ4v) is 1.02. The van der Waals surface area contributed by atoms with Crippen molar-refractivity contribution in [3.05, 3.63) is 0 Å². The van der Waals surface area contributed by atoms with Gasteiger partial charge in [0.2, 0.25) is 0 Å². The number of hydrogen-bond donors (Lipinski definition) is 2. The number of rotatable bonds is 4. The molecule has 0 aliphatic carbocycles. The second-order valence-corrected chi connectivity index (χ2v) is 3.37. The quantitative estimate of drug-likeness (QED) is 0.606. The Labute approximate surface area is 60.7 Å². The smallest absolute Gasteiger partial charge is 0.315 e. The van der Waals surface area contributed by atoms with Crippen LogP contribution in [-0.4, -0.2) is 28.2 Å². The Morgan fingerprint density at radius 1 is 1.80 bits per heavy atom. The molecule has 0 bridgehead atoms. The molecule has 2 atom stereocenters. The third kappa shape index (κ3) is 3.11. The van der Waals surface area contributed by atoms with E-state index in [1.807, 2.05) is 0 Å². The van der Waals surface area contributed by atoms with Crippen molar-refractivity contribution in [2.24, 2.45) is 0 Å². The molecule has 0 aliphatic rings. The molecule has 0 radical (unpaired) electrons. The number of hydrogen-bond acceptors (Lipinski definition) is 3. The van der Waals surface area contributed by atoms with Gasteiger partial charge in [-0.05, 0) is 13.8 Å². The second kappa shape index (κ2) is 4.61. The van der Waals surface area contributed by atoms with Crippen LogP contribution in [0.15, 0.2) is 0 Å². The Bertz CT molecular complexity index is 116. The lowest BCUT2D eigenvalue weighted by atomic mass is 10.5. The van der Waals surface area contributed by atoms with Crippen LogP contribution >= 0.6 is 8.38 Å². The van der Waals surface area contributed by atoms with Crippen molar-refractivity contribution >= 4 is 14.3 Å². The summed E-state index contributed by atoms with van der Waals surface area (Å²) in [7, 11) is -1.78. The van der Waals surface area contributed by atoms with Crippen LogP contribution in [0.2, 0.25) is 0 Å². The topological polar surface area (TPSA) is 66.8 Å². The monoisotopic (exact) mass is 166 g/mol. The molecule has 10 heavy (non-hydrogen) atoms. The van der Waals surface area contributed by atoms with Gasteiger partial charge in [-0.1, -0.05) is 0 Å². The lowest BCUT2D eigenvalue weighted by Crippen LogP contribution is -2.14. The molecule has 2 unspecified atom stereocenters. The van der Waals surface area contributed by atoms with Crippen LogP contribution in [0.1, 0.15) is 13.8 Å². The van der Waals surface area contributed by atoms with Crippen LogP contribution in [0.4, 0.5) is 0 Å². The van der Waals surface area contributed by atoms with Gasteiger partial charge in [0.05, 0.1) is 6.61 Å². The average molecular weight is 166 g/mol. The van der Waals surface area contributed by atoms with Crippen molar-refractivity contribution in [3.63, 3.8) is 0 Å². The van der Waals surface area contributed by atoms with Gasteiger partial charge in [-0.3, -0.25) is 4.79 Å². The number of carboxylic acid groups (broad SMARTS) is 1. The van der Waals surface area contributed by atoms with Crippen LogP contribution in [0, 0.1) is 0 Å². The zero-order valence-electron chi connectivity index (χ0n) is 5.94. The maximum atomic E-state index is 10.2. The van der Waals surface area contributed by atoms with Gasteiger partial charge in [0.25, 0.3) is 0 Å². The number of carboxylic acids is 1. The van der Waals surface area contributed by atoms with Gasteiger partial charge in [0, 0.05) is 0 Å². The summed E-state index contributed by atoms with van der Waals surface area (Å²) in [5.74, 6) is -1.03. The van der Waals surface area contributed by atoms with E-state index >= 15 is 0 Å². The van der Waals surface area contributed by atoms with E-state index in [0.717, 1.165) is 0 Å². The zero-order chi connectivity index (χ0) is 8.15. The minimum atomic E-state index is -1.78. The van der Waals surface area contributed by atoms with E-state index in [-0.39, 0.29) is 0 Å². The van der Waals surface area contributed by atoms with Gasteiger partial charge in [-0.25, -0.2) is 0 Å². The van der Waals surface area contributed by atoms with Crippen LogP contribution in [0.5, 0.6) is 0 Å². The maximum absolute atomic E-state index is 10.2. The van der Waals surface area contributed by atoms with Crippen molar-refractivity contribution in [3.8, 4) is 0 Å². The molecule has 0 spiro atoms. The largest absolute Gasteiger partial charge is 0.481 e. The van der Waals surface area contributed by atoms with E-state index in [1.165, 1.54) is 6.92 Å². The summed E-state index contributed by atoms with van der Waals surface area (Å²) in [6.07, 6.45) is 0. The molecule has 4 nitrogen and oxygen atoms in total. The first kappa shape index (κ1) is 9.82. The molecule has 0 aromatic heterocycles. The normalized spacial score (nSPS) is 16.3. The number of aliphatic carboxylic acids is 1. The first-order chi connectivity index (χ1) is 4.59. The summed E-state index contributed by atoms with van der Waals surface area (Å²) in [4.78, 5) is 19.1. The van der Waals surface area contributed by atoms with E-state index < -0.39 is 20.0 Å². The SMILES string of the molecule is CCOP(O)C(C)C(=O)O. The maximum Gasteiger partial charge on any atom is 0.315 e. The third-order valence-electron chi connectivity index (χ3n) is 0.950. The standard InChI is InChI=1S/C5H11O4P/c1-3-9-10(8)4(2)5(6)7/h4,8H,3H2,1-2H3,(H,6,7). The molecule has 5 heteroatoms. The predicted molar refractivity (Wildman–Crippen MR) is 37.9 cm³/mol. The molecular weight excluding hydrogens is 155 g/mol. The summed E-state index contributed by atoms with van der Waals surface area (Å²) in [5.41, 5.74) is -0.796. The van der Waals surface area contributed by atoms with Gasteiger partial charge in [-0.15, -0.1) is 0 Å². The van der Waals surface area contributed by atoms with Gasteiger partial charge in [0.15, 0.2) is 8.38 Å². The predicted octanol–water partition coefficient (Wildman–Crippen LogP) is 0.800. The second-order valence-electron chi connectivity index (χ2n) is 1.73. The van der Waals surface area contributed by atoms with E-state index in [0.29, 0.717) is 6.61 Å². The molecule has 2 N–H and O–H groups in total. The Kier molecular flexibility index (Phi) is 4.52. The molecule has 0 aromatic carbocycles. The lowest BCUT2D eigenvalue weighted by molar-refractivity contribution is -0.136. The van der Waals surface area contributed by atoms with E-state index in [9.17, 15) is 4.79 Å². The highest BCUT2D eigenvalue weighted by atomic mass is 31.2. The van der Waals surface area contributed by atoms with E-state index in [4.69, 9.17) is 14.5 Å². The fraction of sp³-hybridized carbons (Fsp3) is 0.800. The van der Waals surface area contributed by atoms with Crippen LogP contribution in [0.3, 0.4) is 0 Å². The first-order valence-corrected chi connectivity index (χ1v) is 4.21. The molecule has 0 aromatic rings. The Morgan fingerprint density at radius 2 is 2.30 bits per heavy atom. The van der Waals surface area contributed by atoms with Crippen molar-refractivity contribution in [1.82, 2.24) is 0 Å². The molecule has 0 rings (SSSR count). The summed E-state index contributed by atoms with van der Waals surface area (Å²) in [6.45, 7) is 3.48. The molecular formula is C5H11O4P. The van der Waals surface area contributed by atoms with Crippen LogP contribution in [-0.2, 0) is 9.32 Å². The minimum Gasteiger partial charge on any atom is -0.481 e. The Balaban J connectivity index is 3.69. The summed E-state index contributed by atoms with van der Waals surface area (Å²) in [6, 6.07) is 0. The van der Waals surface area contributed by atoms with Crippen molar-refractivity contribution in [2.45, 2.75) is 19.5 Å². The Morgan fingerprint density at radius 3 is 2.60 bits per heavy atom. The first-order valence-electron chi connectivity index (χ1n) is 2.93. The summed E-state index contributed by atoms with van der Waals surface area (Å²) in [5, 5.41) is 8.36. The fourth-order valence-electron chi connectivity index (χ4n) is 0.339. The van der Waals surface area contributed by atoms with E-state index in [1.54, 1.807) is 6.92 Å². The van der Waals surface area contributed by atoms with Gasteiger partial charge in [0.1, 0.15) is 5.66 Å². The zero-order valence-corrected chi connectivity index (χ0v) is 6.84.